The van der Waals surface area contributed by atoms with Gasteiger partial charge in [-0.05, 0) is 18.4 Å². The van der Waals surface area contributed by atoms with Crippen molar-refractivity contribution in [3.8, 4) is 0 Å². The van der Waals surface area contributed by atoms with Gasteiger partial charge in [0.2, 0.25) is 5.79 Å². The largest absolute Gasteiger partial charge is 0.343 e. The van der Waals surface area contributed by atoms with E-state index in [0.29, 0.717) is 13.2 Å². The molecule has 2 heterocycles. The second kappa shape index (κ2) is 3.38. The normalized spacial score (nSPS) is 33.8. The summed E-state index contributed by atoms with van der Waals surface area (Å²) in [4.78, 5) is 1.10. The molecular weight excluding hydrogens is 186 g/mol. The second-order valence-electron chi connectivity index (χ2n) is 3.21. The summed E-state index contributed by atoms with van der Waals surface area (Å²) in [5.41, 5.74) is 5.51. The van der Waals surface area contributed by atoms with E-state index in [1.54, 1.807) is 11.3 Å². The van der Waals surface area contributed by atoms with Gasteiger partial charge in [-0.1, -0.05) is 6.07 Å². The van der Waals surface area contributed by atoms with E-state index in [1.165, 1.54) is 0 Å². The van der Waals surface area contributed by atoms with Crippen molar-refractivity contribution >= 4 is 11.3 Å². The molecule has 0 aromatic carbocycles. The number of hydrogen-bond donors (Lipinski definition) is 1. The first-order chi connectivity index (χ1) is 6.24. The molecule has 4 heteroatoms. The molecule has 1 saturated heterocycles. The lowest BCUT2D eigenvalue weighted by atomic mass is 10.2. The number of rotatable bonds is 2. The van der Waals surface area contributed by atoms with Crippen molar-refractivity contribution in [1.82, 2.24) is 0 Å². The highest BCUT2D eigenvalue weighted by Gasteiger charge is 2.38. The number of thiophene rings is 1. The molecule has 2 rings (SSSR count). The van der Waals surface area contributed by atoms with Gasteiger partial charge in [0.15, 0.2) is 0 Å². The Kier molecular flexibility index (Phi) is 2.38. The average Bonchev–Trinajstić information content (AvgIpc) is 2.72. The smallest absolute Gasteiger partial charge is 0.201 e. The molecule has 13 heavy (non-hydrogen) atoms. The van der Waals surface area contributed by atoms with Crippen LogP contribution >= 0.6 is 11.3 Å². The Morgan fingerprint density at radius 1 is 1.77 bits per heavy atom. The van der Waals surface area contributed by atoms with E-state index in [0.717, 1.165) is 4.88 Å². The third-order valence-corrected chi connectivity index (χ3v) is 3.22. The Morgan fingerprint density at radius 3 is 3.15 bits per heavy atom. The highest BCUT2D eigenvalue weighted by atomic mass is 32.1. The lowest BCUT2D eigenvalue weighted by Gasteiger charge is -2.21. The van der Waals surface area contributed by atoms with Crippen LogP contribution in [0.25, 0.3) is 0 Å². The minimum absolute atomic E-state index is 0.0344. The molecule has 0 saturated carbocycles. The van der Waals surface area contributed by atoms with Crippen LogP contribution in [0.1, 0.15) is 11.8 Å². The summed E-state index contributed by atoms with van der Waals surface area (Å²) < 4.78 is 11.3. The molecule has 2 atom stereocenters. The SMILES string of the molecule is CC1(c2cccs2)OCC(CN)O1. The minimum atomic E-state index is -0.571. The van der Waals surface area contributed by atoms with Crippen LogP contribution in [0, 0.1) is 0 Å². The van der Waals surface area contributed by atoms with Crippen LogP contribution in [0.2, 0.25) is 0 Å². The molecule has 1 aliphatic heterocycles. The van der Waals surface area contributed by atoms with Crippen LogP contribution in [0.3, 0.4) is 0 Å². The summed E-state index contributed by atoms with van der Waals surface area (Å²) in [6.07, 6.45) is 0.0344. The summed E-state index contributed by atoms with van der Waals surface area (Å²) in [7, 11) is 0. The van der Waals surface area contributed by atoms with Crippen molar-refractivity contribution in [2.75, 3.05) is 13.2 Å². The van der Waals surface area contributed by atoms with Gasteiger partial charge in [-0.15, -0.1) is 11.3 Å². The van der Waals surface area contributed by atoms with Gasteiger partial charge in [-0.2, -0.15) is 0 Å². The van der Waals surface area contributed by atoms with Crippen LogP contribution in [-0.4, -0.2) is 19.3 Å². The van der Waals surface area contributed by atoms with E-state index < -0.39 is 5.79 Å². The Balaban J connectivity index is 2.15. The summed E-state index contributed by atoms with van der Waals surface area (Å²) in [6.45, 7) is 3.04. The number of nitrogens with two attached hydrogens (primary N) is 1. The Labute approximate surface area is 81.5 Å². The average molecular weight is 199 g/mol. The van der Waals surface area contributed by atoms with Crippen LogP contribution in [0.15, 0.2) is 17.5 Å². The van der Waals surface area contributed by atoms with Gasteiger partial charge in [0.25, 0.3) is 0 Å². The van der Waals surface area contributed by atoms with E-state index in [-0.39, 0.29) is 6.10 Å². The standard InChI is InChI=1S/C9H13NO2S/c1-9(8-3-2-4-13-8)11-6-7(5-10)12-9/h2-4,7H,5-6,10H2,1H3. The Morgan fingerprint density at radius 2 is 2.62 bits per heavy atom. The predicted molar refractivity (Wildman–Crippen MR) is 51.6 cm³/mol. The van der Waals surface area contributed by atoms with E-state index >= 15 is 0 Å². The molecule has 72 valence electrons. The van der Waals surface area contributed by atoms with Gasteiger partial charge in [0.05, 0.1) is 17.6 Å². The monoisotopic (exact) mass is 199 g/mol. The lowest BCUT2D eigenvalue weighted by molar-refractivity contribution is -0.157. The first-order valence-electron chi connectivity index (χ1n) is 4.30. The zero-order valence-electron chi connectivity index (χ0n) is 7.53. The quantitative estimate of drug-likeness (QED) is 0.780. The number of ether oxygens (including phenoxy) is 2. The molecule has 0 spiro atoms. The predicted octanol–water partition coefficient (Wildman–Crippen LogP) is 1.29. The summed E-state index contributed by atoms with van der Waals surface area (Å²) in [6, 6.07) is 4.01. The molecule has 2 N–H and O–H groups in total. The van der Waals surface area contributed by atoms with Crippen LogP contribution < -0.4 is 5.73 Å². The zero-order valence-corrected chi connectivity index (χ0v) is 8.34. The van der Waals surface area contributed by atoms with Crippen LogP contribution in [-0.2, 0) is 15.3 Å². The molecule has 0 bridgehead atoms. The molecular formula is C9H13NO2S. The van der Waals surface area contributed by atoms with Crippen molar-refractivity contribution < 1.29 is 9.47 Å². The number of hydrogen-bond acceptors (Lipinski definition) is 4. The van der Waals surface area contributed by atoms with E-state index in [2.05, 4.69) is 0 Å². The van der Waals surface area contributed by atoms with Crippen molar-refractivity contribution in [2.24, 2.45) is 5.73 Å². The minimum Gasteiger partial charge on any atom is -0.343 e. The zero-order chi connectivity index (χ0) is 9.31. The molecule has 0 amide bonds. The molecule has 1 aromatic rings. The van der Waals surface area contributed by atoms with Gasteiger partial charge in [0.1, 0.15) is 0 Å². The van der Waals surface area contributed by atoms with Crippen molar-refractivity contribution in [2.45, 2.75) is 18.8 Å². The lowest BCUT2D eigenvalue weighted by Crippen LogP contribution is -2.26. The fraction of sp³-hybridized carbons (Fsp3) is 0.556. The first-order valence-corrected chi connectivity index (χ1v) is 5.18. The second-order valence-corrected chi connectivity index (χ2v) is 4.16. The molecule has 2 unspecified atom stereocenters. The van der Waals surface area contributed by atoms with Crippen molar-refractivity contribution in [1.29, 1.82) is 0 Å². The van der Waals surface area contributed by atoms with Gasteiger partial charge in [0, 0.05) is 6.54 Å². The van der Waals surface area contributed by atoms with Gasteiger partial charge in [-0.3, -0.25) is 0 Å². The maximum atomic E-state index is 5.71. The molecule has 1 fully saturated rings. The first kappa shape index (κ1) is 9.15. The molecule has 1 aromatic heterocycles. The Hall–Kier alpha value is -0.420. The van der Waals surface area contributed by atoms with Gasteiger partial charge >= 0.3 is 0 Å². The topological polar surface area (TPSA) is 44.5 Å². The van der Waals surface area contributed by atoms with Gasteiger partial charge in [-0.25, -0.2) is 0 Å². The third kappa shape index (κ3) is 1.62. The van der Waals surface area contributed by atoms with Crippen LogP contribution in [0.4, 0.5) is 0 Å². The van der Waals surface area contributed by atoms with Gasteiger partial charge < -0.3 is 15.2 Å². The summed E-state index contributed by atoms with van der Waals surface area (Å²) in [5, 5.41) is 2.02. The molecule has 0 radical (unpaired) electrons. The van der Waals surface area contributed by atoms with E-state index in [9.17, 15) is 0 Å². The Bertz CT molecular complexity index is 275. The third-order valence-electron chi connectivity index (χ3n) is 2.17. The fourth-order valence-corrected chi connectivity index (χ4v) is 2.20. The summed E-state index contributed by atoms with van der Waals surface area (Å²) in [5.74, 6) is -0.571. The van der Waals surface area contributed by atoms with Crippen molar-refractivity contribution in [3.63, 3.8) is 0 Å². The van der Waals surface area contributed by atoms with Crippen LogP contribution in [0.5, 0.6) is 0 Å². The molecule has 0 aliphatic carbocycles. The maximum Gasteiger partial charge on any atom is 0.201 e. The highest BCUT2D eigenvalue weighted by molar-refractivity contribution is 7.10. The fourth-order valence-electron chi connectivity index (χ4n) is 1.42. The highest BCUT2D eigenvalue weighted by Crippen LogP contribution is 2.35. The molecule has 3 nitrogen and oxygen atoms in total. The van der Waals surface area contributed by atoms with E-state index in [1.807, 2.05) is 24.4 Å². The van der Waals surface area contributed by atoms with E-state index in [4.69, 9.17) is 15.2 Å². The van der Waals surface area contributed by atoms with Crippen molar-refractivity contribution in [3.05, 3.63) is 22.4 Å². The summed E-state index contributed by atoms with van der Waals surface area (Å²) >= 11 is 1.64. The maximum absolute atomic E-state index is 5.71. The molecule has 1 aliphatic rings.